The molecule has 9 nitrogen and oxygen atoms in total. The van der Waals surface area contributed by atoms with Gasteiger partial charge in [0.2, 0.25) is 11.9 Å². The van der Waals surface area contributed by atoms with Crippen molar-refractivity contribution < 1.29 is 4.74 Å². The van der Waals surface area contributed by atoms with Gasteiger partial charge in [-0.05, 0) is 38.4 Å². The first-order chi connectivity index (χ1) is 14.5. The molecule has 2 aliphatic rings. The van der Waals surface area contributed by atoms with Gasteiger partial charge in [0.1, 0.15) is 12.1 Å². The van der Waals surface area contributed by atoms with Crippen LogP contribution in [-0.2, 0) is 0 Å². The van der Waals surface area contributed by atoms with E-state index in [0.717, 1.165) is 24.5 Å². The monoisotopic (exact) mass is 412 g/mol. The van der Waals surface area contributed by atoms with E-state index < -0.39 is 0 Å². The van der Waals surface area contributed by atoms with Gasteiger partial charge in [0.25, 0.3) is 0 Å². The van der Waals surface area contributed by atoms with E-state index in [1.807, 2.05) is 0 Å². The summed E-state index contributed by atoms with van der Waals surface area (Å²) < 4.78 is 5.66. The summed E-state index contributed by atoms with van der Waals surface area (Å²) in [6, 6.07) is 4.89. The number of nitrogen functional groups attached to an aromatic ring is 1. The summed E-state index contributed by atoms with van der Waals surface area (Å²) in [5, 5.41) is 3.19. The van der Waals surface area contributed by atoms with E-state index in [9.17, 15) is 0 Å². The molecular formula is C21H32N8O. The largest absolute Gasteiger partial charge is 0.494 e. The lowest BCUT2D eigenvalue weighted by atomic mass is 10.0. The summed E-state index contributed by atoms with van der Waals surface area (Å²) in [5.74, 6) is 1.35. The van der Waals surface area contributed by atoms with Crippen LogP contribution in [0.5, 0.6) is 5.75 Å². The predicted octanol–water partition coefficient (Wildman–Crippen LogP) is 1.73. The lowest BCUT2D eigenvalue weighted by molar-refractivity contribution is 0.0982. The quantitative estimate of drug-likeness (QED) is 0.761. The number of anilines is 4. The number of piperazine rings is 1. The van der Waals surface area contributed by atoms with Gasteiger partial charge in [-0.3, -0.25) is 4.90 Å². The van der Waals surface area contributed by atoms with Crippen molar-refractivity contribution in [3.05, 3.63) is 24.0 Å². The molecule has 0 unspecified atom stereocenters. The minimum Gasteiger partial charge on any atom is -0.494 e. The zero-order valence-electron chi connectivity index (χ0n) is 18.1. The Balaban J connectivity index is 1.44. The Labute approximate surface area is 178 Å². The molecule has 4 rings (SSSR count). The van der Waals surface area contributed by atoms with Gasteiger partial charge in [-0.1, -0.05) is 0 Å². The molecular weight excluding hydrogens is 380 g/mol. The molecule has 0 amide bonds. The molecule has 2 saturated heterocycles. The molecule has 0 saturated carbocycles. The number of hydrogen-bond acceptors (Lipinski definition) is 9. The van der Waals surface area contributed by atoms with Crippen LogP contribution >= 0.6 is 0 Å². The van der Waals surface area contributed by atoms with Gasteiger partial charge < -0.3 is 25.6 Å². The fraction of sp³-hybridized carbons (Fsp3) is 0.571. The molecule has 0 radical (unpaired) electrons. The maximum Gasteiger partial charge on any atom is 0.232 e. The van der Waals surface area contributed by atoms with Crippen molar-refractivity contribution in [2.24, 2.45) is 0 Å². The average Bonchev–Trinajstić information content (AvgIpc) is 2.75. The molecule has 0 spiro atoms. The minimum atomic E-state index is 0.183. The van der Waals surface area contributed by atoms with Gasteiger partial charge in [0, 0.05) is 57.1 Å². The molecule has 162 valence electrons. The molecule has 30 heavy (non-hydrogen) atoms. The molecule has 1 aromatic carbocycles. The number of nitrogens with one attached hydrogen (secondary N) is 1. The van der Waals surface area contributed by atoms with Crippen LogP contribution in [0.2, 0.25) is 0 Å². The second-order valence-corrected chi connectivity index (χ2v) is 8.19. The number of piperidine rings is 1. The number of nitrogens with two attached hydrogens (primary N) is 1. The summed E-state index contributed by atoms with van der Waals surface area (Å²) in [6.07, 6.45) is 3.80. The normalized spacial score (nSPS) is 19.1. The Morgan fingerprint density at radius 2 is 1.80 bits per heavy atom. The number of hydrogen-bond donors (Lipinski definition) is 2. The first-order valence-corrected chi connectivity index (χ1v) is 10.6. The maximum absolute atomic E-state index is 5.66. The molecule has 2 fully saturated rings. The van der Waals surface area contributed by atoms with Crippen LogP contribution in [0.4, 0.5) is 23.3 Å². The van der Waals surface area contributed by atoms with Crippen LogP contribution in [0.1, 0.15) is 18.4 Å². The van der Waals surface area contributed by atoms with Crippen LogP contribution < -0.4 is 20.7 Å². The van der Waals surface area contributed by atoms with Crippen molar-refractivity contribution in [2.45, 2.75) is 25.8 Å². The van der Waals surface area contributed by atoms with E-state index in [4.69, 9.17) is 10.5 Å². The first-order valence-electron chi connectivity index (χ1n) is 10.6. The number of nitrogens with zero attached hydrogens (tertiary/aromatic N) is 6. The number of ether oxygens (including phenoxy) is 1. The number of methoxy groups -OCH3 is 1. The average molecular weight is 413 g/mol. The summed E-state index contributed by atoms with van der Waals surface area (Å²) in [7, 11) is 3.89. The second kappa shape index (κ2) is 9.01. The molecule has 0 atom stereocenters. The highest BCUT2D eigenvalue weighted by molar-refractivity contribution is 5.71. The predicted molar refractivity (Wildman–Crippen MR) is 120 cm³/mol. The van der Waals surface area contributed by atoms with Crippen molar-refractivity contribution in [2.75, 3.05) is 69.4 Å². The number of aryl methyl sites for hydroxylation is 1. The van der Waals surface area contributed by atoms with Crippen molar-refractivity contribution >= 4 is 23.3 Å². The summed E-state index contributed by atoms with van der Waals surface area (Å²) in [5.41, 5.74) is 8.90. The smallest absolute Gasteiger partial charge is 0.232 e. The van der Waals surface area contributed by atoms with Crippen molar-refractivity contribution in [1.29, 1.82) is 0 Å². The number of rotatable bonds is 5. The fourth-order valence-corrected chi connectivity index (χ4v) is 4.43. The van der Waals surface area contributed by atoms with Crippen LogP contribution in [0.15, 0.2) is 18.5 Å². The van der Waals surface area contributed by atoms with Crippen LogP contribution in [0, 0.1) is 6.92 Å². The number of aromatic nitrogens is 3. The third kappa shape index (κ3) is 4.57. The Kier molecular flexibility index (Phi) is 6.19. The topological polar surface area (TPSA) is 95.7 Å². The molecule has 1 aromatic heterocycles. The van der Waals surface area contributed by atoms with Gasteiger partial charge >= 0.3 is 0 Å². The Morgan fingerprint density at radius 3 is 2.47 bits per heavy atom. The zero-order valence-corrected chi connectivity index (χ0v) is 18.1. The first kappa shape index (κ1) is 20.6. The van der Waals surface area contributed by atoms with Crippen molar-refractivity contribution in [1.82, 2.24) is 24.8 Å². The van der Waals surface area contributed by atoms with Crippen molar-refractivity contribution in [3.63, 3.8) is 0 Å². The lowest BCUT2D eigenvalue weighted by Gasteiger charge is -2.43. The van der Waals surface area contributed by atoms with Gasteiger partial charge in [0.05, 0.1) is 12.8 Å². The third-order valence-corrected chi connectivity index (χ3v) is 6.21. The Hall–Kier alpha value is -2.65. The molecule has 0 bridgehead atoms. The van der Waals surface area contributed by atoms with E-state index in [0.29, 0.717) is 12.0 Å². The summed E-state index contributed by atoms with van der Waals surface area (Å²) >= 11 is 0. The van der Waals surface area contributed by atoms with Gasteiger partial charge in [-0.2, -0.15) is 4.98 Å². The van der Waals surface area contributed by atoms with Crippen LogP contribution in [0.25, 0.3) is 0 Å². The standard InChI is InChI=1S/C21H32N8O/c1-15-12-17(25-21-24-14-23-20(22)26-21)19(30-3)13-18(15)29-6-4-16(5-7-29)28-10-8-27(2)9-11-28/h12-14,16H,4-11H2,1-3H3,(H3,22,23,24,25,26). The maximum atomic E-state index is 5.66. The zero-order chi connectivity index (χ0) is 21.1. The molecule has 3 N–H and O–H groups in total. The van der Waals surface area contributed by atoms with Crippen molar-refractivity contribution in [3.8, 4) is 5.75 Å². The molecule has 2 aliphatic heterocycles. The van der Waals surface area contributed by atoms with Gasteiger partial charge in [0.15, 0.2) is 0 Å². The van der Waals surface area contributed by atoms with E-state index >= 15 is 0 Å². The third-order valence-electron chi connectivity index (χ3n) is 6.21. The van der Waals surface area contributed by atoms with Gasteiger partial charge in [-0.15, -0.1) is 0 Å². The second-order valence-electron chi connectivity index (χ2n) is 8.19. The van der Waals surface area contributed by atoms with Gasteiger partial charge in [-0.25, -0.2) is 9.97 Å². The van der Waals surface area contributed by atoms with E-state index in [1.165, 1.54) is 56.6 Å². The van der Waals surface area contributed by atoms with E-state index in [-0.39, 0.29) is 5.95 Å². The Morgan fingerprint density at radius 1 is 1.07 bits per heavy atom. The van der Waals surface area contributed by atoms with Crippen LogP contribution in [0.3, 0.4) is 0 Å². The number of benzene rings is 1. The minimum absolute atomic E-state index is 0.183. The number of likely N-dealkylation sites (N-methyl/N-ethyl adjacent to an activating group) is 1. The highest BCUT2D eigenvalue weighted by Gasteiger charge is 2.27. The molecule has 3 heterocycles. The lowest BCUT2D eigenvalue weighted by Crippen LogP contribution is -2.52. The molecule has 0 aliphatic carbocycles. The SMILES string of the molecule is COc1cc(N2CCC(N3CCN(C)CC3)CC2)c(C)cc1Nc1ncnc(N)n1. The van der Waals surface area contributed by atoms with E-state index in [2.05, 4.69) is 61.1 Å². The summed E-state index contributed by atoms with van der Waals surface area (Å²) in [4.78, 5) is 19.6. The summed E-state index contributed by atoms with van der Waals surface area (Å²) in [6.45, 7) is 9.01. The van der Waals surface area contributed by atoms with Crippen LogP contribution in [-0.4, -0.2) is 84.2 Å². The fourth-order valence-electron chi connectivity index (χ4n) is 4.43. The molecule has 9 heteroatoms. The Bertz CT molecular complexity index is 860. The highest BCUT2D eigenvalue weighted by atomic mass is 16.5. The van der Waals surface area contributed by atoms with E-state index in [1.54, 1.807) is 7.11 Å². The highest BCUT2D eigenvalue weighted by Crippen LogP contribution is 2.36. The molecule has 2 aromatic rings.